The Kier molecular flexibility index (Phi) is 4.45. The van der Waals surface area contributed by atoms with Crippen molar-refractivity contribution in [1.29, 1.82) is 0 Å². The predicted molar refractivity (Wildman–Crippen MR) is 76.9 cm³/mol. The van der Waals surface area contributed by atoms with Gasteiger partial charge in [-0.1, -0.05) is 6.07 Å². The molecular formula is C15H19FN2O3. The number of benzene rings is 1. The van der Waals surface area contributed by atoms with Crippen LogP contribution in [0.2, 0.25) is 0 Å². The molecule has 0 atom stereocenters. The van der Waals surface area contributed by atoms with Crippen LogP contribution in [0.3, 0.4) is 0 Å². The van der Waals surface area contributed by atoms with Gasteiger partial charge in [-0.2, -0.15) is 0 Å². The largest absolute Gasteiger partial charge is 0.478 e. The molecule has 2 N–H and O–H groups in total. The van der Waals surface area contributed by atoms with Gasteiger partial charge in [-0.3, -0.25) is 0 Å². The van der Waals surface area contributed by atoms with Crippen LogP contribution in [0.4, 0.5) is 14.9 Å². The minimum atomic E-state index is -1.40. The van der Waals surface area contributed by atoms with Crippen molar-refractivity contribution in [3.8, 4) is 0 Å². The number of hydrogen-bond acceptors (Lipinski definition) is 2. The molecule has 5 nitrogen and oxygen atoms in total. The summed E-state index contributed by atoms with van der Waals surface area (Å²) in [6, 6.07) is 3.42. The number of halogens is 1. The van der Waals surface area contributed by atoms with Gasteiger partial charge in [0.05, 0.1) is 5.69 Å². The van der Waals surface area contributed by atoms with Crippen molar-refractivity contribution in [3.63, 3.8) is 0 Å². The number of anilines is 1. The fourth-order valence-corrected chi connectivity index (χ4v) is 2.14. The van der Waals surface area contributed by atoms with Gasteiger partial charge in [-0.15, -0.1) is 0 Å². The summed E-state index contributed by atoms with van der Waals surface area (Å²) >= 11 is 0. The van der Waals surface area contributed by atoms with Crippen LogP contribution < -0.4 is 5.32 Å². The number of rotatable bonds is 5. The van der Waals surface area contributed by atoms with Crippen LogP contribution in [0.1, 0.15) is 37.0 Å². The van der Waals surface area contributed by atoms with E-state index in [1.54, 1.807) is 4.90 Å². The van der Waals surface area contributed by atoms with E-state index < -0.39 is 23.4 Å². The highest BCUT2D eigenvalue weighted by Crippen LogP contribution is 2.30. The fourth-order valence-electron chi connectivity index (χ4n) is 2.14. The number of nitrogens with one attached hydrogen (secondary N) is 1. The Bertz CT molecular complexity index is 556. The fraction of sp³-hybridized carbons (Fsp3) is 0.467. The van der Waals surface area contributed by atoms with Crippen LogP contribution >= 0.6 is 0 Å². The molecule has 0 radical (unpaired) electrons. The van der Waals surface area contributed by atoms with Crippen LogP contribution in [-0.2, 0) is 0 Å². The van der Waals surface area contributed by atoms with Gasteiger partial charge in [-0.05, 0) is 44.7 Å². The van der Waals surface area contributed by atoms with Gasteiger partial charge in [-0.25, -0.2) is 14.0 Å². The first-order chi connectivity index (χ1) is 9.90. The number of carboxylic acids is 1. The second-order valence-corrected chi connectivity index (χ2v) is 5.59. The lowest BCUT2D eigenvalue weighted by Gasteiger charge is -2.27. The number of carboxylic acid groups (broad SMARTS) is 1. The maximum atomic E-state index is 13.6. The molecular weight excluding hydrogens is 275 g/mol. The Hall–Kier alpha value is -2.11. The molecule has 0 unspecified atom stereocenters. The molecule has 0 spiro atoms. The number of amides is 2. The Morgan fingerprint density at radius 1 is 1.43 bits per heavy atom. The second kappa shape index (κ2) is 6.11. The van der Waals surface area contributed by atoms with Gasteiger partial charge in [0.1, 0.15) is 11.4 Å². The van der Waals surface area contributed by atoms with Crippen molar-refractivity contribution in [3.05, 3.63) is 29.6 Å². The molecule has 1 saturated carbocycles. The van der Waals surface area contributed by atoms with E-state index in [9.17, 15) is 14.0 Å². The number of hydrogen-bond donors (Lipinski definition) is 2. The van der Waals surface area contributed by atoms with E-state index in [1.807, 2.05) is 13.8 Å². The maximum absolute atomic E-state index is 13.6. The highest BCUT2D eigenvalue weighted by atomic mass is 19.1. The van der Waals surface area contributed by atoms with Crippen molar-refractivity contribution < 1.29 is 19.1 Å². The van der Waals surface area contributed by atoms with Gasteiger partial charge in [0.15, 0.2) is 0 Å². The number of urea groups is 1. The average molecular weight is 294 g/mol. The summed E-state index contributed by atoms with van der Waals surface area (Å²) in [5.41, 5.74) is -0.532. The van der Waals surface area contributed by atoms with E-state index in [0.29, 0.717) is 12.5 Å². The van der Waals surface area contributed by atoms with Crippen LogP contribution in [0, 0.1) is 11.7 Å². The standard InChI is InChI=1S/C15H19FN2O3/c1-9(2)18(8-10-6-7-10)15(21)17-12-5-3-4-11(16)13(12)14(19)20/h3-5,9-10H,6-8H2,1-2H3,(H,17,21)(H,19,20). The van der Waals surface area contributed by atoms with E-state index >= 15 is 0 Å². The normalized spacial score (nSPS) is 14.1. The van der Waals surface area contributed by atoms with Crippen LogP contribution in [0.15, 0.2) is 18.2 Å². The molecule has 1 aliphatic carbocycles. The lowest BCUT2D eigenvalue weighted by Crippen LogP contribution is -2.41. The van der Waals surface area contributed by atoms with Gasteiger partial charge in [0.25, 0.3) is 0 Å². The molecule has 0 aliphatic heterocycles. The Balaban J connectivity index is 2.17. The first-order valence-corrected chi connectivity index (χ1v) is 6.99. The van der Waals surface area contributed by atoms with E-state index in [-0.39, 0.29) is 11.7 Å². The third-order valence-electron chi connectivity index (χ3n) is 3.51. The summed E-state index contributed by atoms with van der Waals surface area (Å²) in [5, 5.41) is 11.6. The third-order valence-corrected chi connectivity index (χ3v) is 3.51. The minimum absolute atomic E-state index is 0.00700. The van der Waals surface area contributed by atoms with E-state index in [1.165, 1.54) is 12.1 Å². The monoisotopic (exact) mass is 294 g/mol. The molecule has 6 heteroatoms. The SMILES string of the molecule is CC(C)N(CC1CC1)C(=O)Nc1cccc(F)c1C(=O)O. The smallest absolute Gasteiger partial charge is 0.340 e. The zero-order chi connectivity index (χ0) is 15.6. The van der Waals surface area contributed by atoms with Crippen molar-refractivity contribution in [2.45, 2.75) is 32.7 Å². The Labute approximate surface area is 122 Å². The highest BCUT2D eigenvalue weighted by molar-refractivity contribution is 6.00. The summed E-state index contributed by atoms with van der Waals surface area (Å²) in [4.78, 5) is 25.1. The summed E-state index contributed by atoms with van der Waals surface area (Å²) in [6.45, 7) is 4.43. The molecule has 1 aliphatic rings. The third kappa shape index (κ3) is 3.71. The van der Waals surface area contributed by atoms with Crippen molar-refractivity contribution >= 4 is 17.7 Å². The Morgan fingerprint density at radius 2 is 2.10 bits per heavy atom. The first kappa shape index (κ1) is 15.3. The molecule has 114 valence electrons. The van der Waals surface area contributed by atoms with Gasteiger partial charge >= 0.3 is 12.0 Å². The summed E-state index contributed by atoms with van der Waals surface area (Å²) in [6.07, 6.45) is 2.22. The molecule has 0 aromatic heterocycles. The first-order valence-electron chi connectivity index (χ1n) is 6.99. The number of aromatic carboxylic acids is 1. The van der Waals surface area contributed by atoms with Crippen LogP contribution in [0.25, 0.3) is 0 Å². The molecule has 2 rings (SSSR count). The molecule has 2 amide bonds. The predicted octanol–water partition coefficient (Wildman–Crippen LogP) is 3.18. The molecule has 0 saturated heterocycles. The van der Waals surface area contributed by atoms with E-state index in [2.05, 4.69) is 5.32 Å². The van der Waals surface area contributed by atoms with E-state index in [4.69, 9.17) is 5.11 Å². The lowest BCUT2D eigenvalue weighted by atomic mass is 10.1. The van der Waals surface area contributed by atoms with Gasteiger partial charge in [0.2, 0.25) is 0 Å². The average Bonchev–Trinajstić information content (AvgIpc) is 3.18. The van der Waals surface area contributed by atoms with Gasteiger partial charge < -0.3 is 15.3 Å². The zero-order valence-electron chi connectivity index (χ0n) is 12.1. The summed E-state index contributed by atoms with van der Waals surface area (Å²) < 4.78 is 13.6. The van der Waals surface area contributed by atoms with Crippen molar-refractivity contribution in [1.82, 2.24) is 4.90 Å². The molecule has 21 heavy (non-hydrogen) atoms. The molecule has 0 heterocycles. The summed E-state index contributed by atoms with van der Waals surface area (Å²) in [7, 11) is 0. The van der Waals surface area contributed by atoms with Crippen molar-refractivity contribution in [2.24, 2.45) is 5.92 Å². The second-order valence-electron chi connectivity index (χ2n) is 5.59. The Morgan fingerprint density at radius 3 is 2.62 bits per heavy atom. The molecule has 0 bridgehead atoms. The van der Waals surface area contributed by atoms with Crippen LogP contribution in [-0.4, -0.2) is 34.6 Å². The highest BCUT2D eigenvalue weighted by Gasteiger charge is 2.29. The van der Waals surface area contributed by atoms with Gasteiger partial charge in [0, 0.05) is 12.6 Å². The van der Waals surface area contributed by atoms with Crippen molar-refractivity contribution in [2.75, 3.05) is 11.9 Å². The maximum Gasteiger partial charge on any atom is 0.340 e. The topological polar surface area (TPSA) is 69.6 Å². The molecule has 1 fully saturated rings. The number of carbonyl (C=O) groups excluding carboxylic acids is 1. The molecule has 1 aromatic rings. The molecule has 1 aromatic carbocycles. The quantitative estimate of drug-likeness (QED) is 0.876. The zero-order valence-corrected chi connectivity index (χ0v) is 12.1. The number of nitrogens with zero attached hydrogens (tertiary/aromatic N) is 1. The van der Waals surface area contributed by atoms with E-state index in [0.717, 1.165) is 18.9 Å². The minimum Gasteiger partial charge on any atom is -0.478 e. The van der Waals surface area contributed by atoms with Crippen LogP contribution in [0.5, 0.6) is 0 Å². The summed E-state index contributed by atoms with van der Waals surface area (Å²) in [5.74, 6) is -1.75. The number of carbonyl (C=O) groups is 2. The lowest BCUT2D eigenvalue weighted by molar-refractivity contribution is 0.0693.